The number of nitrogens with zero attached hydrogens (tertiary/aromatic N) is 1. The van der Waals surface area contributed by atoms with Gasteiger partial charge in [0.25, 0.3) is 5.91 Å². The summed E-state index contributed by atoms with van der Waals surface area (Å²) in [5.74, 6) is -1.04. The van der Waals surface area contributed by atoms with Crippen molar-refractivity contribution in [2.24, 2.45) is 5.73 Å². The Bertz CT molecular complexity index is 700. The molecule has 0 saturated carbocycles. The minimum Gasteiger partial charge on any atom is -0.504 e. The van der Waals surface area contributed by atoms with Gasteiger partial charge in [0.05, 0.1) is 5.56 Å². The van der Waals surface area contributed by atoms with E-state index in [4.69, 9.17) is 5.73 Å². The molecular weight excluding hydrogens is 268 g/mol. The van der Waals surface area contributed by atoms with Crippen LogP contribution in [0, 0.1) is 0 Å². The molecule has 0 aromatic heterocycles. The molecule has 5 heteroatoms. The molecular formula is C16H16N2O3. The Balaban J connectivity index is 2.03. The zero-order valence-electron chi connectivity index (χ0n) is 11.4. The Hall–Kier alpha value is -2.53. The van der Waals surface area contributed by atoms with Crippen LogP contribution in [0.1, 0.15) is 28.4 Å². The third-order valence-electron chi connectivity index (χ3n) is 3.78. The second-order valence-electron chi connectivity index (χ2n) is 5.08. The number of para-hydroxylation sites is 2. The zero-order valence-corrected chi connectivity index (χ0v) is 11.4. The molecule has 2 aromatic carbocycles. The van der Waals surface area contributed by atoms with E-state index in [0.29, 0.717) is 13.0 Å². The van der Waals surface area contributed by atoms with E-state index in [9.17, 15) is 15.0 Å². The fraction of sp³-hybridized carbons (Fsp3) is 0.188. The van der Waals surface area contributed by atoms with E-state index in [1.807, 2.05) is 24.3 Å². The molecule has 0 bridgehead atoms. The summed E-state index contributed by atoms with van der Waals surface area (Å²) in [7, 11) is 0. The van der Waals surface area contributed by atoms with Crippen LogP contribution >= 0.6 is 0 Å². The summed E-state index contributed by atoms with van der Waals surface area (Å²) >= 11 is 0. The van der Waals surface area contributed by atoms with Gasteiger partial charge in [-0.05, 0) is 30.2 Å². The maximum atomic E-state index is 12.7. The van der Waals surface area contributed by atoms with Crippen LogP contribution in [-0.4, -0.2) is 22.7 Å². The lowest BCUT2D eigenvalue weighted by Crippen LogP contribution is -2.38. The number of carbonyl (C=O) groups is 1. The van der Waals surface area contributed by atoms with E-state index in [1.165, 1.54) is 18.2 Å². The number of phenols is 2. The van der Waals surface area contributed by atoms with Crippen LogP contribution in [0.4, 0.5) is 5.69 Å². The quantitative estimate of drug-likeness (QED) is 0.700. The van der Waals surface area contributed by atoms with Crippen molar-refractivity contribution in [1.29, 1.82) is 0 Å². The number of aromatic hydroxyl groups is 2. The van der Waals surface area contributed by atoms with E-state index in [0.717, 1.165) is 11.3 Å². The van der Waals surface area contributed by atoms with Gasteiger partial charge in [0.15, 0.2) is 11.5 Å². The predicted molar refractivity (Wildman–Crippen MR) is 79.4 cm³/mol. The molecule has 1 amide bonds. The maximum Gasteiger partial charge on any atom is 0.262 e. The normalized spacial score (nSPS) is 17.4. The van der Waals surface area contributed by atoms with Gasteiger partial charge >= 0.3 is 0 Å². The van der Waals surface area contributed by atoms with Gasteiger partial charge in [-0.25, -0.2) is 0 Å². The van der Waals surface area contributed by atoms with E-state index in [-0.39, 0.29) is 23.3 Å². The Morgan fingerprint density at radius 1 is 1.14 bits per heavy atom. The SMILES string of the molecule is NC1CCN(C(=O)c2cccc(O)c2O)c2ccccc21. The van der Waals surface area contributed by atoms with E-state index >= 15 is 0 Å². The highest BCUT2D eigenvalue weighted by atomic mass is 16.3. The van der Waals surface area contributed by atoms with Gasteiger partial charge in [0.1, 0.15) is 0 Å². The molecule has 1 aliphatic heterocycles. The highest BCUT2D eigenvalue weighted by Gasteiger charge is 2.28. The number of nitrogens with two attached hydrogens (primary N) is 1. The summed E-state index contributed by atoms with van der Waals surface area (Å²) < 4.78 is 0. The van der Waals surface area contributed by atoms with E-state index < -0.39 is 5.75 Å². The van der Waals surface area contributed by atoms with Crippen LogP contribution in [0.25, 0.3) is 0 Å². The lowest BCUT2D eigenvalue weighted by Gasteiger charge is -2.32. The van der Waals surface area contributed by atoms with Gasteiger partial charge < -0.3 is 20.8 Å². The van der Waals surface area contributed by atoms with Crippen LogP contribution in [-0.2, 0) is 0 Å². The van der Waals surface area contributed by atoms with Crippen molar-refractivity contribution in [2.75, 3.05) is 11.4 Å². The Morgan fingerprint density at radius 2 is 1.90 bits per heavy atom. The number of anilines is 1. The molecule has 0 aliphatic carbocycles. The number of amides is 1. The van der Waals surface area contributed by atoms with Gasteiger partial charge in [-0.15, -0.1) is 0 Å². The second-order valence-corrected chi connectivity index (χ2v) is 5.08. The number of rotatable bonds is 1. The van der Waals surface area contributed by atoms with Crippen LogP contribution in [0.3, 0.4) is 0 Å². The minimum atomic E-state index is -0.394. The van der Waals surface area contributed by atoms with Crippen LogP contribution in [0.15, 0.2) is 42.5 Å². The summed E-state index contributed by atoms with van der Waals surface area (Å²) in [5, 5.41) is 19.4. The monoisotopic (exact) mass is 284 g/mol. The smallest absolute Gasteiger partial charge is 0.262 e. The first kappa shape index (κ1) is 13.5. The summed E-state index contributed by atoms with van der Waals surface area (Å²) in [6.45, 7) is 0.478. The number of hydrogen-bond donors (Lipinski definition) is 3. The molecule has 2 aromatic rings. The molecule has 1 unspecified atom stereocenters. The van der Waals surface area contributed by atoms with Crippen molar-refractivity contribution in [1.82, 2.24) is 0 Å². The highest BCUT2D eigenvalue weighted by molar-refractivity contribution is 6.08. The fourth-order valence-electron chi connectivity index (χ4n) is 2.65. The Labute approximate surface area is 122 Å². The number of fused-ring (bicyclic) bond motifs is 1. The molecule has 1 aliphatic rings. The topological polar surface area (TPSA) is 86.8 Å². The number of phenolic OH excluding ortho intramolecular Hbond substituents is 2. The lowest BCUT2D eigenvalue weighted by atomic mass is 9.96. The van der Waals surface area contributed by atoms with Crippen molar-refractivity contribution in [3.05, 3.63) is 53.6 Å². The molecule has 0 saturated heterocycles. The van der Waals surface area contributed by atoms with Gasteiger partial charge in [-0.2, -0.15) is 0 Å². The first-order valence-corrected chi connectivity index (χ1v) is 6.77. The van der Waals surface area contributed by atoms with Crippen molar-refractivity contribution in [3.8, 4) is 11.5 Å². The molecule has 21 heavy (non-hydrogen) atoms. The standard InChI is InChI=1S/C16H16N2O3/c17-12-8-9-18(13-6-2-1-4-10(12)13)16(21)11-5-3-7-14(19)15(11)20/h1-7,12,19-20H,8-9,17H2. The van der Waals surface area contributed by atoms with Gasteiger partial charge in [0, 0.05) is 18.3 Å². The minimum absolute atomic E-state index is 0.0836. The zero-order chi connectivity index (χ0) is 15.0. The van der Waals surface area contributed by atoms with Crippen molar-refractivity contribution < 1.29 is 15.0 Å². The van der Waals surface area contributed by atoms with Crippen LogP contribution in [0.2, 0.25) is 0 Å². The van der Waals surface area contributed by atoms with Crippen molar-refractivity contribution in [2.45, 2.75) is 12.5 Å². The summed E-state index contributed by atoms with van der Waals surface area (Å²) in [4.78, 5) is 14.2. The molecule has 3 rings (SSSR count). The number of carbonyl (C=O) groups excluding carboxylic acids is 1. The predicted octanol–water partition coefficient (Wildman–Crippen LogP) is 2.15. The number of hydrogen-bond acceptors (Lipinski definition) is 4. The Morgan fingerprint density at radius 3 is 2.71 bits per heavy atom. The van der Waals surface area contributed by atoms with Gasteiger partial charge in [-0.1, -0.05) is 24.3 Å². The van der Waals surface area contributed by atoms with Crippen molar-refractivity contribution >= 4 is 11.6 Å². The molecule has 0 spiro atoms. The lowest BCUT2D eigenvalue weighted by molar-refractivity contribution is 0.0981. The molecule has 5 nitrogen and oxygen atoms in total. The van der Waals surface area contributed by atoms with Crippen molar-refractivity contribution in [3.63, 3.8) is 0 Å². The fourth-order valence-corrected chi connectivity index (χ4v) is 2.65. The molecule has 4 N–H and O–H groups in total. The summed E-state index contributed by atoms with van der Waals surface area (Å²) in [6, 6.07) is 11.7. The van der Waals surface area contributed by atoms with E-state index in [2.05, 4.69) is 0 Å². The summed E-state index contributed by atoms with van der Waals surface area (Å²) in [6.07, 6.45) is 0.655. The average Bonchev–Trinajstić information content (AvgIpc) is 2.50. The molecule has 0 fully saturated rings. The molecule has 1 atom stereocenters. The summed E-state index contributed by atoms with van der Waals surface area (Å²) in [5.41, 5.74) is 7.83. The van der Waals surface area contributed by atoms with Gasteiger partial charge in [0.2, 0.25) is 0 Å². The molecule has 0 radical (unpaired) electrons. The molecule has 1 heterocycles. The van der Waals surface area contributed by atoms with Gasteiger partial charge in [-0.3, -0.25) is 4.79 Å². The average molecular weight is 284 g/mol. The van der Waals surface area contributed by atoms with Crippen LogP contribution < -0.4 is 10.6 Å². The second kappa shape index (κ2) is 5.10. The highest BCUT2D eigenvalue weighted by Crippen LogP contribution is 2.35. The first-order chi connectivity index (χ1) is 10.1. The van der Waals surface area contributed by atoms with E-state index in [1.54, 1.807) is 4.90 Å². The maximum absolute atomic E-state index is 12.7. The first-order valence-electron chi connectivity index (χ1n) is 6.77. The molecule has 108 valence electrons. The Kier molecular flexibility index (Phi) is 3.27. The number of benzene rings is 2. The third kappa shape index (κ3) is 2.21. The van der Waals surface area contributed by atoms with Crippen LogP contribution in [0.5, 0.6) is 11.5 Å². The third-order valence-corrected chi connectivity index (χ3v) is 3.78. The largest absolute Gasteiger partial charge is 0.504 e.